The number of piperazine rings is 1. The number of amides is 1. The summed E-state index contributed by atoms with van der Waals surface area (Å²) in [6, 6.07) is 8.62. The van der Waals surface area contributed by atoms with Crippen molar-refractivity contribution in [2.24, 2.45) is 0 Å². The molecule has 1 N–H and O–H groups in total. The number of anilines is 1. The lowest BCUT2D eigenvalue weighted by Gasteiger charge is -2.37. The number of likely N-dealkylation sites (N-methyl/N-ethyl adjacent to an activating group) is 1. The predicted molar refractivity (Wildman–Crippen MR) is 115 cm³/mol. The van der Waals surface area contributed by atoms with Crippen LogP contribution in [0.2, 0.25) is 0 Å². The molecular formula is C22H28FN3OS. The highest BCUT2D eigenvalue weighted by molar-refractivity contribution is 7.12. The lowest BCUT2D eigenvalue weighted by molar-refractivity contribution is -0.117. The molecule has 1 amide bonds. The van der Waals surface area contributed by atoms with Crippen LogP contribution >= 0.6 is 11.3 Å². The smallest absolute Gasteiger partial charge is 0.244 e. The molecule has 0 radical (unpaired) electrons. The number of hydrogen-bond donors (Lipinski definition) is 1. The number of carbonyl (C=O) groups excluding carboxylic acids is 1. The fourth-order valence-corrected chi connectivity index (χ4v) is 4.29. The van der Waals surface area contributed by atoms with E-state index in [0.29, 0.717) is 0 Å². The molecule has 0 saturated carbocycles. The van der Waals surface area contributed by atoms with Gasteiger partial charge in [-0.1, -0.05) is 6.92 Å². The van der Waals surface area contributed by atoms with Crippen molar-refractivity contribution in [1.82, 2.24) is 10.2 Å². The molecule has 0 bridgehead atoms. The van der Waals surface area contributed by atoms with Gasteiger partial charge in [0.15, 0.2) is 0 Å². The third kappa shape index (κ3) is 5.20. The topological polar surface area (TPSA) is 35.6 Å². The number of halogens is 1. The summed E-state index contributed by atoms with van der Waals surface area (Å²) >= 11 is 1.64. The zero-order chi connectivity index (χ0) is 20.1. The Kier molecular flexibility index (Phi) is 6.86. The minimum Gasteiger partial charge on any atom is -0.369 e. The van der Waals surface area contributed by atoms with Crippen LogP contribution in [0.5, 0.6) is 0 Å². The van der Waals surface area contributed by atoms with Gasteiger partial charge in [0, 0.05) is 53.3 Å². The Morgan fingerprint density at radius 1 is 1.25 bits per heavy atom. The first-order chi connectivity index (χ1) is 13.5. The molecule has 4 nitrogen and oxygen atoms in total. The van der Waals surface area contributed by atoms with Crippen molar-refractivity contribution in [3.8, 4) is 0 Å². The highest BCUT2D eigenvalue weighted by Gasteiger charge is 2.21. The van der Waals surface area contributed by atoms with Crippen molar-refractivity contribution in [3.63, 3.8) is 0 Å². The molecule has 3 rings (SSSR count). The van der Waals surface area contributed by atoms with Gasteiger partial charge in [-0.15, -0.1) is 11.3 Å². The second kappa shape index (κ2) is 9.34. The first-order valence-corrected chi connectivity index (χ1v) is 10.6. The molecule has 6 heteroatoms. The summed E-state index contributed by atoms with van der Waals surface area (Å²) in [6.07, 6.45) is 3.36. The van der Waals surface area contributed by atoms with E-state index in [0.717, 1.165) is 48.9 Å². The number of hydrogen-bond acceptors (Lipinski definition) is 4. The normalized spacial score (nSPS) is 16.5. The maximum atomic E-state index is 13.9. The summed E-state index contributed by atoms with van der Waals surface area (Å²) in [7, 11) is 0. The van der Waals surface area contributed by atoms with Crippen LogP contribution in [0.1, 0.15) is 35.2 Å². The molecule has 1 unspecified atom stereocenters. The van der Waals surface area contributed by atoms with Gasteiger partial charge in [-0.2, -0.15) is 0 Å². The molecule has 150 valence electrons. The van der Waals surface area contributed by atoms with Gasteiger partial charge >= 0.3 is 0 Å². The molecule has 1 saturated heterocycles. The van der Waals surface area contributed by atoms with Crippen molar-refractivity contribution >= 4 is 29.0 Å². The van der Waals surface area contributed by atoms with Crippen molar-refractivity contribution in [3.05, 3.63) is 57.5 Å². The lowest BCUT2D eigenvalue weighted by Crippen LogP contribution is -2.46. The largest absolute Gasteiger partial charge is 0.369 e. The van der Waals surface area contributed by atoms with E-state index < -0.39 is 0 Å². The van der Waals surface area contributed by atoms with E-state index in [2.05, 4.69) is 22.0 Å². The third-order valence-electron chi connectivity index (χ3n) is 5.14. The first-order valence-electron chi connectivity index (χ1n) is 9.78. The van der Waals surface area contributed by atoms with E-state index in [-0.39, 0.29) is 17.8 Å². The average Bonchev–Trinajstić information content (AvgIpc) is 3.11. The van der Waals surface area contributed by atoms with Crippen LogP contribution in [-0.2, 0) is 4.79 Å². The number of nitrogens with zero attached hydrogens (tertiary/aromatic N) is 2. The molecule has 2 heterocycles. The second-order valence-electron chi connectivity index (χ2n) is 7.14. The van der Waals surface area contributed by atoms with Crippen molar-refractivity contribution in [2.45, 2.75) is 26.8 Å². The summed E-state index contributed by atoms with van der Waals surface area (Å²) in [5.74, 6) is -0.457. The number of thiophene rings is 1. The van der Waals surface area contributed by atoms with E-state index >= 15 is 0 Å². The Balaban J connectivity index is 1.70. The number of rotatable bonds is 6. The molecule has 1 fully saturated rings. The van der Waals surface area contributed by atoms with Crippen LogP contribution in [0.4, 0.5) is 10.1 Å². The van der Waals surface area contributed by atoms with Gasteiger partial charge in [0.2, 0.25) is 5.91 Å². The van der Waals surface area contributed by atoms with Gasteiger partial charge in [0.1, 0.15) is 5.82 Å². The summed E-state index contributed by atoms with van der Waals surface area (Å²) in [4.78, 5) is 19.3. The highest BCUT2D eigenvalue weighted by Crippen LogP contribution is 2.28. The van der Waals surface area contributed by atoms with Crippen molar-refractivity contribution < 1.29 is 9.18 Å². The van der Waals surface area contributed by atoms with Gasteiger partial charge in [-0.25, -0.2) is 4.39 Å². The molecule has 1 atom stereocenters. The Morgan fingerprint density at radius 2 is 2.00 bits per heavy atom. The first kappa shape index (κ1) is 20.6. The molecule has 0 spiro atoms. The van der Waals surface area contributed by atoms with E-state index in [9.17, 15) is 9.18 Å². The van der Waals surface area contributed by atoms with Crippen LogP contribution in [0, 0.1) is 12.7 Å². The molecule has 1 aromatic heterocycles. The van der Waals surface area contributed by atoms with Crippen LogP contribution < -0.4 is 10.2 Å². The fraction of sp³-hybridized carbons (Fsp3) is 0.409. The van der Waals surface area contributed by atoms with E-state index in [1.54, 1.807) is 23.5 Å². The Morgan fingerprint density at radius 3 is 2.64 bits per heavy atom. The Hall–Kier alpha value is -2.18. The molecular weight excluding hydrogens is 373 g/mol. The number of nitrogens with one attached hydrogen (secondary N) is 1. The quantitative estimate of drug-likeness (QED) is 0.736. The van der Waals surface area contributed by atoms with Gasteiger partial charge in [0.25, 0.3) is 0 Å². The number of aryl methyl sites for hydroxylation is 1. The van der Waals surface area contributed by atoms with Crippen molar-refractivity contribution in [2.75, 3.05) is 37.6 Å². The Labute approximate surface area is 170 Å². The average molecular weight is 402 g/mol. The minimum absolute atomic E-state index is 0.176. The van der Waals surface area contributed by atoms with Gasteiger partial charge in [0.05, 0.1) is 6.04 Å². The molecule has 1 aliphatic rings. The fourth-order valence-electron chi connectivity index (χ4n) is 3.51. The van der Waals surface area contributed by atoms with Gasteiger partial charge in [-0.3, -0.25) is 4.79 Å². The molecule has 1 aliphatic heterocycles. The number of carbonyl (C=O) groups is 1. The zero-order valence-corrected chi connectivity index (χ0v) is 17.6. The lowest BCUT2D eigenvalue weighted by atomic mass is 10.0. The van der Waals surface area contributed by atoms with Crippen LogP contribution in [0.3, 0.4) is 0 Å². The summed E-state index contributed by atoms with van der Waals surface area (Å²) in [5.41, 5.74) is 1.82. The predicted octanol–water partition coefficient (Wildman–Crippen LogP) is 4.23. The monoisotopic (exact) mass is 401 g/mol. The van der Waals surface area contributed by atoms with Gasteiger partial charge < -0.3 is 15.1 Å². The SMILES string of the molecule is CCN1CCN(c2ccc(F)cc2C(C)NC(=O)/C=C/c2ccc(C)s2)CC1. The maximum absolute atomic E-state index is 13.9. The summed E-state index contributed by atoms with van der Waals surface area (Å²) in [6.45, 7) is 11.0. The maximum Gasteiger partial charge on any atom is 0.244 e. The summed E-state index contributed by atoms with van der Waals surface area (Å²) in [5, 5.41) is 2.98. The van der Waals surface area contributed by atoms with Crippen LogP contribution in [0.25, 0.3) is 6.08 Å². The summed E-state index contributed by atoms with van der Waals surface area (Å²) < 4.78 is 13.9. The molecule has 1 aromatic carbocycles. The van der Waals surface area contributed by atoms with Crippen LogP contribution in [0.15, 0.2) is 36.4 Å². The third-order valence-corrected chi connectivity index (χ3v) is 6.10. The highest BCUT2D eigenvalue weighted by atomic mass is 32.1. The van der Waals surface area contributed by atoms with Crippen LogP contribution in [-0.4, -0.2) is 43.5 Å². The minimum atomic E-state index is -0.281. The van der Waals surface area contributed by atoms with E-state index in [1.165, 1.54) is 10.9 Å². The molecule has 28 heavy (non-hydrogen) atoms. The zero-order valence-electron chi connectivity index (χ0n) is 16.7. The standard InChI is InChI=1S/C22H28FN3OS/c1-4-25-11-13-26(14-12-25)21-9-6-18(23)15-20(21)17(3)24-22(27)10-8-19-7-5-16(2)28-19/h5-10,15,17H,4,11-14H2,1-3H3,(H,24,27)/b10-8+. The van der Waals surface area contributed by atoms with Gasteiger partial charge in [-0.05, 0) is 56.8 Å². The number of benzene rings is 1. The van der Waals surface area contributed by atoms with Crippen molar-refractivity contribution in [1.29, 1.82) is 0 Å². The Bertz CT molecular complexity index is 840. The van der Waals surface area contributed by atoms with E-state index in [1.807, 2.05) is 38.1 Å². The molecule has 2 aromatic rings. The second-order valence-corrected chi connectivity index (χ2v) is 8.46. The molecule has 0 aliphatic carbocycles. The van der Waals surface area contributed by atoms with E-state index in [4.69, 9.17) is 0 Å².